The molecule has 1 N–H and O–H groups in total. The van der Waals surface area contributed by atoms with Gasteiger partial charge in [0.25, 0.3) is 5.88 Å². The minimum atomic E-state index is -0.533. The molecule has 0 saturated carbocycles. The molecule has 0 radical (unpaired) electrons. The summed E-state index contributed by atoms with van der Waals surface area (Å²) in [6.45, 7) is 1.81. The highest BCUT2D eigenvalue weighted by Crippen LogP contribution is 2.29. The number of aromatic nitrogens is 5. The third-order valence-corrected chi connectivity index (χ3v) is 4.02. The van der Waals surface area contributed by atoms with Gasteiger partial charge in [-0.1, -0.05) is 0 Å². The van der Waals surface area contributed by atoms with Crippen LogP contribution in [0, 0.1) is 12.7 Å². The van der Waals surface area contributed by atoms with Crippen LogP contribution in [0.15, 0.2) is 42.9 Å². The predicted molar refractivity (Wildman–Crippen MR) is 91.7 cm³/mol. The number of nitrogens with one attached hydrogen (secondary N) is 1. The van der Waals surface area contributed by atoms with E-state index in [1.165, 1.54) is 36.2 Å². The molecule has 4 aromatic rings. The maximum absolute atomic E-state index is 13.7. The van der Waals surface area contributed by atoms with Crippen molar-refractivity contribution in [3.8, 4) is 11.6 Å². The van der Waals surface area contributed by atoms with Crippen LogP contribution in [-0.2, 0) is 0 Å². The number of aryl methyl sites for hydroxylation is 1. The average molecular weight is 354 g/mol. The fourth-order valence-electron chi connectivity index (χ4n) is 2.21. The zero-order chi connectivity index (χ0) is 17.2. The lowest BCUT2D eigenvalue weighted by atomic mass is 10.2. The zero-order valence-electron chi connectivity index (χ0n) is 13.0. The van der Waals surface area contributed by atoms with Crippen molar-refractivity contribution in [3.05, 3.63) is 54.5 Å². The Morgan fingerprint density at radius 1 is 1.16 bits per heavy atom. The Balaban J connectivity index is 1.71. The number of pyridine rings is 1. The van der Waals surface area contributed by atoms with Crippen LogP contribution in [0.2, 0.25) is 0 Å². The third-order valence-electron chi connectivity index (χ3n) is 3.30. The summed E-state index contributed by atoms with van der Waals surface area (Å²) >= 11 is 1.24. The van der Waals surface area contributed by atoms with Crippen LogP contribution < -0.4 is 10.1 Å². The van der Waals surface area contributed by atoms with E-state index in [-0.39, 0.29) is 5.88 Å². The van der Waals surface area contributed by atoms with E-state index >= 15 is 0 Å². The summed E-state index contributed by atoms with van der Waals surface area (Å²) in [4.78, 5) is 16.6. The molecule has 124 valence electrons. The first kappa shape index (κ1) is 15.3. The highest BCUT2D eigenvalue weighted by molar-refractivity contribution is 7.09. The molecule has 0 fully saturated rings. The molecule has 0 aliphatic heterocycles. The Labute approximate surface area is 145 Å². The normalized spacial score (nSPS) is 10.8. The SMILES string of the molecule is Cc1nsc(Nc2ncnc3ccc(Oc4ncccc4F)cc23)n1. The van der Waals surface area contributed by atoms with Crippen molar-refractivity contribution in [3.63, 3.8) is 0 Å². The number of rotatable bonds is 4. The van der Waals surface area contributed by atoms with Gasteiger partial charge in [0.15, 0.2) is 5.82 Å². The first-order chi connectivity index (χ1) is 12.2. The van der Waals surface area contributed by atoms with Gasteiger partial charge < -0.3 is 10.1 Å². The quantitative estimate of drug-likeness (QED) is 0.595. The smallest absolute Gasteiger partial charge is 0.255 e. The third kappa shape index (κ3) is 3.22. The Morgan fingerprint density at radius 3 is 2.88 bits per heavy atom. The van der Waals surface area contributed by atoms with E-state index in [1.807, 2.05) is 6.92 Å². The number of hydrogen-bond donors (Lipinski definition) is 1. The van der Waals surface area contributed by atoms with Crippen molar-refractivity contribution in [2.75, 3.05) is 5.32 Å². The minimum absolute atomic E-state index is 0.0899. The first-order valence-corrected chi connectivity index (χ1v) is 8.07. The van der Waals surface area contributed by atoms with E-state index in [1.54, 1.807) is 18.2 Å². The Bertz CT molecular complexity index is 1050. The lowest BCUT2D eigenvalue weighted by molar-refractivity contribution is 0.423. The maximum Gasteiger partial charge on any atom is 0.255 e. The van der Waals surface area contributed by atoms with Crippen LogP contribution >= 0.6 is 11.5 Å². The largest absolute Gasteiger partial charge is 0.436 e. The number of fused-ring (bicyclic) bond motifs is 1. The molecule has 25 heavy (non-hydrogen) atoms. The summed E-state index contributed by atoms with van der Waals surface area (Å²) in [7, 11) is 0. The van der Waals surface area contributed by atoms with Crippen LogP contribution in [0.25, 0.3) is 10.9 Å². The first-order valence-electron chi connectivity index (χ1n) is 7.29. The molecule has 0 bridgehead atoms. The second-order valence-electron chi connectivity index (χ2n) is 5.07. The van der Waals surface area contributed by atoms with Crippen molar-refractivity contribution < 1.29 is 9.13 Å². The summed E-state index contributed by atoms with van der Waals surface area (Å²) in [5.74, 6) is 1.05. The minimum Gasteiger partial charge on any atom is -0.436 e. The number of nitrogens with zero attached hydrogens (tertiary/aromatic N) is 5. The van der Waals surface area contributed by atoms with Crippen molar-refractivity contribution in [2.24, 2.45) is 0 Å². The number of ether oxygens (including phenoxy) is 1. The van der Waals surface area contributed by atoms with Gasteiger partial charge in [0, 0.05) is 23.1 Å². The summed E-state index contributed by atoms with van der Waals surface area (Å²) in [5, 5.41) is 4.46. The van der Waals surface area contributed by atoms with Crippen molar-refractivity contribution in [1.82, 2.24) is 24.3 Å². The maximum atomic E-state index is 13.7. The highest BCUT2D eigenvalue weighted by Gasteiger charge is 2.10. The van der Waals surface area contributed by atoms with E-state index in [0.29, 0.717) is 33.4 Å². The number of benzene rings is 1. The number of anilines is 2. The molecule has 0 aliphatic rings. The molecule has 7 nitrogen and oxygen atoms in total. The molecule has 0 unspecified atom stereocenters. The molecule has 0 spiro atoms. The van der Waals surface area contributed by atoms with E-state index in [0.717, 1.165) is 0 Å². The van der Waals surface area contributed by atoms with Gasteiger partial charge in [-0.15, -0.1) is 0 Å². The molecule has 3 heterocycles. The molecule has 0 amide bonds. The summed E-state index contributed by atoms with van der Waals surface area (Å²) < 4.78 is 23.4. The van der Waals surface area contributed by atoms with E-state index in [4.69, 9.17) is 4.74 Å². The summed E-state index contributed by atoms with van der Waals surface area (Å²) in [6.07, 6.45) is 2.92. The van der Waals surface area contributed by atoms with Crippen LogP contribution in [0.5, 0.6) is 11.6 Å². The van der Waals surface area contributed by atoms with Crippen LogP contribution in [0.3, 0.4) is 0 Å². The molecule has 0 saturated heterocycles. The molecule has 0 atom stereocenters. The molecule has 9 heteroatoms. The van der Waals surface area contributed by atoms with Gasteiger partial charge in [0.1, 0.15) is 23.7 Å². The molecule has 4 rings (SSSR count). The number of hydrogen-bond acceptors (Lipinski definition) is 8. The highest BCUT2D eigenvalue weighted by atomic mass is 32.1. The predicted octanol–water partition coefficient (Wildman–Crippen LogP) is 3.86. The van der Waals surface area contributed by atoms with Crippen molar-refractivity contribution in [1.29, 1.82) is 0 Å². The molecule has 0 aliphatic carbocycles. The fourth-order valence-corrected chi connectivity index (χ4v) is 2.78. The van der Waals surface area contributed by atoms with E-state index in [9.17, 15) is 4.39 Å². The summed E-state index contributed by atoms with van der Waals surface area (Å²) in [5.41, 5.74) is 0.715. The van der Waals surface area contributed by atoms with E-state index in [2.05, 4.69) is 29.6 Å². The lowest BCUT2D eigenvalue weighted by Gasteiger charge is -2.09. The fraction of sp³-hybridized carbons (Fsp3) is 0.0625. The van der Waals surface area contributed by atoms with Crippen molar-refractivity contribution >= 4 is 33.4 Å². The van der Waals surface area contributed by atoms with Gasteiger partial charge >= 0.3 is 0 Å². The monoisotopic (exact) mass is 354 g/mol. The van der Waals surface area contributed by atoms with Gasteiger partial charge in [-0.2, -0.15) is 4.37 Å². The van der Waals surface area contributed by atoms with Crippen LogP contribution in [-0.4, -0.2) is 24.3 Å². The molecular formula is C16H11FN6OS. The van der Waals surface area contributed by atoms with Crippen molar-refractivity contribution in [2.45, 2.75) is 6.92 Å². The second-order valence-corrected chi connectivity index (χ2v) is 5.82. The van der Waals surface area contributed by atoms with Gasteiger partial charge in [0.2, 0.25) is 5.13 Å². The second kappa shape index (κ2) is 6.36. The van der Waals surface area contributed by atoms with Gasteiger partial charge in [-0.3, -0.25) is 0 Å². The summed E-state index contributed by atoms with van der Waals surface area (Å²) in [6, 6.07) is 7.98. The van der Waals surface area contributed by atoms with Gasteiger partial charge in [0.05, 0.1) is 5.52 Å². The standard InChI is InChI=1S/C16H11FN6OS/c1-9-21-16(25-23-9)22-14-11-7-10(4-5-13(11)19-8-20-14)24-15-12(17)3-2-6-18-15/h2-8H,1H3,(H,19,20,21,22,23). The molecule has 3 aromatic heterocycles. The molecule has 1 aromatic carbocycles. The Morgan fingerprint density at radius 2 is 2.08 bits per heavy atom. The van der Waals surface area contributed by atoms with Crippen LogP contribution in [0.4, 0.5) is 15.3 Å². The Kier molecular flexibility index (Phi) is 3.90. The topological polar surface area (TPSA) is 85.7 Å². The number of halogens is 1. The Hall–Kier alpha value is -3.20. The van der Waals surface area contributed by atoms with Crippen LogP contribution in [0.1, 0.15) is 5.82 Å². The average Bonchev–Trinajstić information content (AvgIpc) is 3.02. The van der Waals surface area contributed by atoms with E-state index < -0.39 is 5.82 Å². The lowest BCUT2D eigenvalue weighted by Crippen LogP contribution is -1.97. The zero-order valence-corrected chi connectivity index (χ0v) is 13.8. The molecular weight excluding hydrogens is 343 g/mol. The van der Waals surface area contributed by atoms with Gasteiger partial charge in [-0.05, 0) is 37.3 Å². The van der Waals surface area contributed by atoms with Gasteiger partial charge in [-0.25, -0.2) is 24.3 Å².